The van der Waals surface area contributed by atoms with E-state index in [4.69, 9.17) is 21.7 Å². The van der Waals surface area contributed by atoms with E-state index < -0.39 is 0 Å². The van der Waals surface area contributed by atoms with Gasteiger partial charge in [0.15, 0.2) is 0 Å². The fourth-order valence-electron chi connectivity index (χ4n) is 3.18. The van der Waals surface area contributed by atoms with Crippen LogP contribution < -0.4 is 5.32 Å². The van der Waals surface area contributed by atoms with Crippen LogP contribution in [0.3, 0.4) is 0 Å². The van der Waals surface area contributed by atoms with E-state index in [-0.39, 0.29) is 11.8 Å². The number of thiocarbonyl (C=S) groups is 1. The van der Waals surface area contributed by atoms with Crippen LogP contribution in [0.5, 0.6) is 0 Å². The number of methoxy groups -OCH3 is 1. The average molecular weight is 332 g/mol. The second kappa shape index (κ2) is 6.59. The normalized spacial score (nSPS) is 23.5. The average Bonchev–Trinajstić information content (AvgIpc) is 2.53. The third kappa shape index (κ3) is 3.42. The first-order valence-electron chi connectivity index (χ1n) is 7.99. The number of ether oxygens (including phenoxy) is 2. The van der Waals surface area contributed by atoms with E-state index >= 15 is 0 Å². The van der Waals surface area contributed by atoms with E-state index in [1.165, 1.54) is 11.3 Å². The van der Waals surface area contributed by atoms with Gasteiger partial charge in [0.1, 0.15) is 11.2 Å². The number of hydrogen-bond donors (Lipinski definition) is 1. The van der Waals surface area contributed by atoms with Gasteiger partial charge in [-0.05, 0) is 19.4 Å². The standard InChI is InChI=1S/C18H24N2O2S/c1-18(2)11-15-14(12-22-18)17(23)19-16(20(15)9-10-21-3)13-7-5-4-6-8-13/h4-8,16H,9-12H2,1-3H3,(H,19,23)/t16-/m1/s1. The molecule has 1 N–H and O–H groups in total. The van der Waals surface area contributed by atoms with E-state index in [0.29, 0.717) is 13.2 Å². The monoisotopic (exact) mass is 332 g/mol. The Hall–Kier alpha value is -1.43. The lowest BCUT2D eigenvalue weighted by Gasteiger charge is -2.46. The summed E-state index contributed by atoms with van der Waals surface area (Å²) in [4.78, 5) is 3.19. The van der Waals surface area contributed by atoms with E-state index in [1.807, 2.05) is 6.07 Å². The minimum Gasteiger partial charge on any atom is -0.383 e. The lowest BCUT2D eigenvalue weighted by Crippen LogP contribution is -2.51. The molecule has 0 saturated carbocycles. The Kier molecular flexibility index (Phi) is 4.71. The predicted molar refractivity (Wildman–Crippen MR) is 95.2 cm³/mol. The van der Waals surface area contributed by atoms with Gasteiger partial charge in [-0.25, -0.2) is 0 Å². The highest BCUT2D eigenvalue weighted by Crippen LogP contribution is 2.37. The van der Waals surface area contributed by atoms with Crippen molar-refractivity contribution in [1.29, 1.82) is 0 Å². The minimum atomic E-state index is -0.168. The third-order valence-corrected chi connectivity index (χ3v) is 4.76. The summed E-state index contributed by atoms with van der Waals surface area (Å²) in [6.07, 6.45) is 0.906. The van der Waals surface area contributed by atoms with Crippen LogP contribution in [0.2, 0.25) is 0 Å². The summed E-state index contributed by atoms with van der Waals surface area (Å²) in [5.74, 6) is 0. The Morgan fingerprint density at radius 2 is 2.09 bits per heavy atom. The van der Waals surface area contributed by atoms with Crippen LogP contribution in [0.4, 0.5) is 0 Å². The number of rotatable bonds is 4. The van der Waals surface area contributed by atoms with Crippen LogP contribution >= 0.6 is 12.2 Å². The molecule has 0 aromatic heterocycles. The second-order valence-corrected chi connectivity index (χ2v) is 7.03. The Labute approximate surface area is 143 Å². The molecule has 3 rings (SSSR count). The van der Waals surface area contributed by atoms with Crippen LogP contribution in [0, 0.1) is 0 Å². The molecule has 0 aliphatic carbocycles. The van der Waals surface area contributed by atoms with Gasteiger partial charge < -0.3 is 19.7 Å². The van der Waals surface area contributed by atoms with Gasteiger partial charge in [-0.3, -0.25) is 0 Å². The zero-order valence-corrected chi connectivity index (χ0v) is 14.8. The van der Waals surface area contributed by atoms with E-state index in [1.54, 1.807) is 7.11 Å². The molecule has 0 amide bonds. The van der Waals surface area contributed by atoms with Gasteiger partial charge in [-0.15, -0.1) is 0 Å². The molecule has 0 bridgehead atoms. The Morgan fingerprint density at radius 1 is 1.35 bits per heavy atom. The van der Waals surface area contributed by atoms with Crippen LogP contribution in [-0.4, -0.2) is 42.4 Å². The predicted octanol–water partition coefficient (Wildman–Crippen LogP) is 3.02. The fraction of sp³-hybridized carbons (Fsp3) is 0.500. The van der Waals surface area contributed by atoms with Crippen molar-refractivity contribution in [3.05, 3.63) is 47.2 Å². The van der Waals surface area contributed by atoms with Crippen molar-refractivity contribution in [2.75, 3.05) is 26.9 Å². The maximum absolute atomic E-state index is 5.96. The lowest BCUT2D eigenvalue weighted by atomic mass is 9.92. The van der Waals surface area contributed by atoms with Crippen molar-refractivity contribution < 1.29 is 9.47 Å². The number of hydrogen-bond acceptors (Lipinski definition) is 4. The van der Waals surface area contributed by atoms with Crippen molar-refractivity contribution in [2.45, 2.75) is 32.0 Å². The highest BCUT2D eigenvalue weighted by molar-refractivity contribution is 7.80. The first-order valence-corrected chi connectivity index (χ1v) is 8.40. The number of nitrogens with one attached hydrogen (secondary N) is 1. The van der Waals surface area contributed by atoms with E-state index in [2.05, 4.69) is 48.3 Å². The molecule has 0 spiro atoms. The molecule has 1 aromatic carbocycles. The highest BCUT2D eigenvalue weighted by atomic mass is 32.1. The van der Waals surface area contributed by atoms with E-state index in [9.17, 15) is 0 Å². The zero-order valence-electron chi connectivity index (χ0n) is 14.0. The molecule has 0 saturated heterocycles. The molecule has 1 atom stereocenters. The maximum atomic E-state index is 5.96. The van der Waals surface area contributed by atoms with Gasteiger partial charge in [0, 0.05) is 31.3 Å². The molecule has 4 nitrogen and oxygen atoms in total. The van der Waals surface area contributed by atoms with Gasteiger partial charge in [-0.2, -0.15) is 0 Å². The molecule has 0 radical (unpaired) electrons. The fourth-order valence-corrected chi connectivity index (χ4v) is 3.47. The maximum Gasteiger partial charge on any atom is 0.126 e. The third-order valence-electron chi connectivity index (χ3n) is 4.40. The van der Waals surface area contributed by atoms with Gasteiger partial charge >= 0.3 is 0 Å². The van der Waals surface area contributed by atoms with Crippen molar-refractivity contribution in [3.8, 4) is 0 Å². The first kappa shape index (κ1) is 16.4. The Balaban J connectivity index is 1.99. The van der Waals surface area contributed by atoms with Crippen LogP contribution in [0.25, 0.3) is 0 Å². The summed E-state index contributed by atoms with van der Waals surface area (Å²) in [5, 5.41) is 3.48. The molecule has 5 heteroatoms. The molecular formula is C18H24N2O2S. The van der Waals surface area contributed by atoms with E-state index in [0.717, 1.165) is 23.5 Å². The van der Waals surface area contributed by atoms with Crippen LogP contribution in [-0.2, 0) is 9.47 Å². The van der Waals surface area contributed by atoms with Gasteiger partial charge in [0.2, 0.25) is 0 Å². The van der Waals surface area contributed by atoms with Crippen LogP contribution in [0.15, 0.2) is 41.6 Å². The molecule has 2 aliphatic heterocycles. The molecule has 2 heterocycles. The van der Waals surface area contributed by atoms with Crippen molar-refractivity contribution in [1.82, 2.24) is 10.2 Å². The zero-order chi connectivity index (χ0) is 16.4. The molecule has 23 heavy (non-hydrogen) atoms. The summed E-state index contributed by atoms with van der Waals surface area (Å²) in [7, 11) is 1.74. The smallest absolute Gasteiger partial charge is 0.126 e. The minimum absolute atomic E-state index is 0.0477. The Bertz CT molecular complexity index is 613. The molecule has 1 aromatic rings. The quantitative estimate of drug-likeness (QED) is 0.857. The SMILES string of the molecule is COCCN1C2=C(COC(C)(C)C2)C(=S)N[C@H]1c1ccccc1. The van der Waals surface area contributed by atoms with Crippen molar-refractivity contribution >= 4 is 17.2 Å². The molecule has 0 unspecified atom stereocenters. The summed E-state index contributed by atoms with van der Waals surface area (Å²) in [6.45, 7) is 6.33. The summed E-state index contributed by atoms with van der Waals surface area (Å²) in [5.41, 5.74) is 3.44. The highest BCUT2D eigenvalue weighted by Gasteiger charge is 2.38. The summed E-state index contributed by atoms with van der Waals surface area (Å²) in [6, 6.07) is 10.4. The molecular weight excluding hydrogens is 308 g/mol. The van der Waals surface area contributed by atoms with Gasteiger partial charge in [0.25, 0.3) is 0 Å². The van der Waals surface area contributed by atoms with Crippen molar-refractivity contribution in [2.24, 2.45) is 0 Å². The molecule has 124 valence electrons. The van der Waals surface area contributed by atoms with Gasteiger partial charge in [0.05, 0.1) is 18.8 Å². The topological polar surface area (TPSA) is 33.7 Å². The first-order chi connectivity index (χ1) is 11.0. The summed E-state index contributed by atoms with van der Waals surface area (Å²) >= 11 is 5.61. The lowest BCUT2D eigenvalue weighted by molar-refractivity contribution is -0.0261. The van der Waals surface area contributed by atoms with Crippen molar-refractivity contribution in [3.63, 3.8) is 0 Å². The number of benzene rings is 1. The number of nitrogens with zero attached hydrogens (tertiary/aromatic N) is 1. The second-order valence-electron chi connectivity index (χ2n) is 6.62. The summed E-state index contributed by atoms with van der Waals surface area (Å²) < 4.78 is 11.3. The largest absolute Gasteiger partial charge is 0.383 e. The molecule has 0 fully saturated rings. The Morgan fingerprint density at radius 3 is 2.78 bits per heavy atom. The molecule has 2 aliphatic rings. The van der Waals surface area contributed by atoms with Gasteiger partial charge in [-0.1, -0.05) is 42.5 Å². The van der Waals surface area contributed by atoms with Crippen LogP contribution in [0.1, 0.15) is 32.0 Å².